The van der Waals surface area contributed by atoms with Crippen molar-refractivity contribution < 1.29 is 0 Å². The summed E-state index contributed by atoms with van der Waals surface area (Å²) in [6.07, 6.45) is 11.6. The number of aryl methyl sites for hydroxylation is 2. The molecule has 0 saturated carbocycles. The molecule has 0 aliphatic heterocycles. The van der Waals surface area contributed by atoms with E-state index in [0.29, 0.717) is 0 Å². The van der Waals surface area contributed by atoms with E-state index < -0.39 is 13.3 Å². The van der Waals surface area contributed by atoms with E-state index >= 15 is 0 Å². The SMILES string of the molecule is Cc1cc[c]([Ge]([CH3])([CH3])[c]2ccc(C)c3c2CC=C3)c2c1C=CC2. The number of allylic oxidation sites excluding steroid dienone is 2. The van der Waals surface area contributed by atoms with Crippen LogP contribution < -0.4 is 8.79 Å². The summed E-state index contributed by atoms with van der Waals surface area (Å²) >= 11 is -2.30. The molecule has 0 amide bonds. The van der Waals surface area contributed by atoms with Gasteiger partial charge in [0.1, 0.15) is 0 Å². The van der Waals surface area contributed by atoms with E-state index in [-0.39, 0.29) is 0 Å². The van der Waals surface area contributed by atoms with E-state index in [9.17, 15) is 0 Å². The van der Waals surface area contributed by atoms with Gasteiger partial charge >= 0.3 is 142 Å². The first-order valence-corrected chi connectivity index (χ1v) is 14.9. The maximum atomic E-state index is 2.58. The number of hydrogen-bond acceptors (Lipinski definition) is 0. The van der Waals surface area contributed by atoms with Gasteiger partial charge in [0.15, 0.2) is 0 Å². The van der Waals surface area contributed by atoms with Gasteiger partial charge in [0.05, 0.1) is 0 Å². The van der Waals surface area contributed by atoms with Crippen LogP contribution in [-0.4, -0.2) is 13.3 Å². The molecule has 0 bridgehead atoms. The first-order chi connectivity index (χ1) is 11.0. The standard InChI is InChI=1S/C22H24Ge/c1-15-11-13-21(19-9-5-7-17(15)19)23(3,4)22-14-12-16(2)18-8-6-10-20(18)22/h5-8,11-14H,9-10H2,1-4H3. The second kappa shape index (κ2) is 5.24. The summed E-state index contributed by atoms with van der Waals surface area (Å²) in [5.74, 6) is 5.15. The van der Waals surface area contributed by atoms with Crippen molar-refractivity contribution in [2.24, 2.45) is 0 Å². The molecule has 4 rings (SSSR count). The normalized spacial score (nSPS) is 15.1. The zero-order valence-electron chi connectivity index (χ0n) is 14.5. The second-order valence-electron chi connectivity index (χ2n) is 7.48. The summed E-state index contributed by atoms with van der Waals surface area (Å²) < 4.78 is 3.35. The summed E-state index contributed by atoms with van der Waals surface area (Å²) in [4.78, 5) is 0. The van der Waals surface area contributed by atoms with Crippen molar-refractivity contribution in [2.45, 2.75) is 38.2 Å². The van der Waals surface area contributed by atoms with E-state index in [1.807, 2.05) is 0 Å². The van der Waals surface area contributed by atoms with Gasteiger partial charge in [-0.3, -0.25) is 0 Å². The summed E-state index contributed by atoms with van der Waals surface area (Å²) in [6, 6.07) is 9.55. The first kappa shape index (κ1) is 15.0. The van der Waals surface area contributed by atoms with Gasteiger partial charge in [-0.15, -0.1) is 0 Å². The Morgan fingerprint density at radius 3 is 1.57 bits per heavy atom. The van der Waals surface area contributed by atoms with Crippen molar-refractivity contribution in [3.05, 3.63) is 69.8 Å². The molecule has 0 saturated heterocycles. The van der Waals surface area contributed by atoms with Crippen LogP contribution in [-0.2, 0) is 12.8 Å². The van der Waals surface area contributed by atoms with Crippen LogP contribution >= 0.6 is 0 Å². The quantitative estimate of drug-likeness (QED) is 0.702. The molecule has 0 nitrogen and oxygen atoms in total. The molecule has 1 heteroatoms. The van der Waals surface area contributed by atoms with Gasteiger partial charge in [0, 0.05) is 0 Å². The topological polar surface area (TPSA) is 0 Å². The summed E-state index contributed by atoms with van der Waals surface area (Å²) in [7, 11) is 0. The Morgan fingerprint density at radius 2 is 1.13 bits per heavy atom. The van der Waals surface area contributed by atoms with Gasteiger partial charge in [-0.1, -0.05) is 0 Å². The molecule has 116 valence electrons. The zero-order chi connectivity index (χ0) is 16.2. The fourth-order valence-corrected chi connectivity index (χ4v) is 11.2. The molecule has 2 aliphatic rings. The number of fused-ring (bicyclic) bond motifs is 2. The third kappa shape index (κ3) is 2.19. The molecule has 0 unspecified atom stereocenters. The van der Waals surface area contributed by atoms with Crippen LogP contribution in [0.5, 0.6) is 0 Å². The molecule has 0 heterocycles. The van der Waals surface area contributed by atoms with Gasteiger partial charge in [-0.25, -0.2) is 0 Å². The van der Waals surface area contributed by atoms with E-state index in [0.717, 1.165) is 12.8 Å². The summed E-state index contributed by atoms with van der Waals surface area (Å²) in [6.45, 7) is 4.48. The Labute approximate surface area is 142 Å². The average Bonchev–Trinajstić information content (AvgIpc) is 3.17. The van der Waals surface area contributed by atoms with Crippen molar-refractivity contribution in [1.29, 1.82) is 0 Å². The molecule has 2 aliphatic carbocycles. The van der Waals surface area contributed by atoms with Crippen LogP contribution in [0.1, 0.15) is 33.4 Å². The molecule has 0 fully saturated rings. The van der Waals surface area contributed by atoms with Gasteiger partial charge in [0.25, 0.3) is 0 Å². The fraction of sp³-hybridized carbons (Fsp3) is 0.273. The van der Waals surface area contributed by atoms with Crippen molar-refractivity contribution in [2.75, 3.05) is 0 Å². The van der Waals surface area contributed by atoms with Crippen LogP contribution in [0.15, 0.2) is 36.4 Å². The Hall–Kier alpha value is -1.54. The van der Waals surface area contributed by atoms with Crippen molar-refractivity contribution in [3.8, 4) is 0 Å². The van der Waals surface area contributed by atoms with E-state index in [2.05, 4.69) is 73.9 Å². The molecular weight excluding hydrogens is 337 g/mol. The molecule has 0 spiro atoms. The van der Waals surface area contributed by atoms with Crippen molar-refractivity contribution in [1.82, 2.24) is 0 Å². The predicted octanol–water partition coefficient (Wildman–Crippen LogP) is 4.26. The van der Waals surface area contributed by atoms with Crippen LogP contribution in [0.4, 0.5) is 0 Å². The Bertz CT molecular complexity index is 795. The monoisotopic (exact) mass is 362 g/mol. The molecule has 0 radical (unpaired) electrons. The van der Waals surface area contributed by atoms with Crippen molar-refractivity contribution >= 4 is 34.2 Å². The van der Waals surface area contributed by atoms with E-state index in [4.69, 9.17) is 0 Å². The van der Waals surface area contributed by atoms with E-state index in [1.165, 1.54) is 22.3 Å². The van der Waals surface area contributed by atoms with Gasteiger partial charge in [-0.05, 0) is 0 Å². The minimum absolute atomic E-state index is 1.12. The molecular formula is C22H24Ge. The fourth-order valence-electron chi connectivity index (χ4n) is 4.37. The number of rotatable bonds is 2. The second-order valence-corrected chi connectivity index (χ2v) is 16.6. The number of benzene rings is 2. The van der Waals surface area contributed by atoms with Crippen LogP contribution in [0, 0.1) is 13.8 Å². The third-order valence-corrected chi connectivity index (χ3v) is 13.3. The average molecular weight is 361 g/mol. The van der Waals surface area contributed by atoms with Crippen LogP contribution in [0.2, 0.25) is 11.5 Å². The third-order valence-electron chi connectivity index (χ3n) is 5.71. The summed E-state index contributed by atoms with van der Waals surface area (Å²) in [5, 5.41) is 0. The molecule has 2 aromatic rings. The van der Waals surface area contributed by atoms with Crippen LogP contribution in [0.3, 0.4) is 0 Å². The van der Waals surface area contributed by atoms with Gasteiger partial charge in [-0.2, -0.15) is 0 Å². The van der Waals surface area contributed by atoms with E-state index in [1.54, 1.807) is 19.9 Å². The maximum absolute atomic E-state index is 2.58. The first-order valence-electron chi connectivity index (χ1n) is 8.59. The minimum atomic E-state index is -2.30. The van der Waals surface area contributed by atoms with Crippen LogP contribution in [0.25, 0.3) is 12.2 Å². The van der Waals surface area contributed by atoms with Gasteiger partial charge in [0.2, 0.25) is 0 Å². The zero-order valence-corrected chi connectivity index (χ0v) is 16.6. The van der Waals surface area contributed by atoms with Gasteiger partial charge < -0.3 is 0 Å². The molecule has 0 atom stereocenters. The predicted molar refractivity (Wildman–Crippen MR) is 105 cm³/mol. The summed E-state index contributed by atoms with van der Waals surface area (Å²) in [5.41, 5.74) is 9.04. The molecule has 2 aromatic carbocycles. The Morgan fingerprint density at radius 1 is 0.696 bits per heavy atom. The van der Waals surface area contributed by atoms with Crippen molar-refractivity contribution in [3.63, 3.8) is 0 Å². The Kier molecular flexibility index (Phi) is 3.42. The molecule has 0 aromatic heterocycles. The number of hydrogen-bond donors (Lipinski definition) is 0. The molecule has 0 N–H and O–H groups in total. The molecule has 23 heavy (non-hydrogen) atoms. The Balaban J connectivity index is 1.91.